The number of nitrogens with zero attached hydrogens (tertiary/aromatic N) is 4. The van der Waals surface area contributed by atoms with Crippen LogP contribution in [0.2, 0.25) is 0 Å². The van der Waals surface area contributed by atoms with Crippen molar-refractivity contribution in [3.8, 4) is 0 Å². The number of hydrogen-bond acceptors (Lipinski definition) is 7. The zero-order chi connectivity index (χ0) is 35.3. The molecular formula is C35H39F4N5O5. The number of piperazine rings is 1. The lowest BCUT2D eigenvalue weighted by Gasteiger charge is -2.36. The fourth-order valence-electron chi connectivity index (χ4n) is 6.16. The molecule has 1 atom stereocenters. The molecule has 0 spiro atoms. The van der Waals surface area contributed by atoms with E-state index < -0.39 is 41.0 Å². The second-order valence-electron chi connectivity index (χ2n) is 12.2. The maximum absolute atomic E-state index is 15.1. The van der Waals surface area contributed by atoms with Gasteiger partial charge in [0.15, 0.2) is 0 Å². The molecule has 2 aromatic heterocycles. The van der Waals surface area contributed by atoms with Crippen LogP contribution < -0.4 is 21.5 Å². The summed E-state index contributed by atoms with van der Waals surface area (Å²) in [6, 6.07) is 15.5. The lowest BCUT2D eigenvalue weighted by atomic mass is 10.1. The molecule has 1 aliphatic heterocycles. The smallest absolute Gasteiger partial charge is 0.449 e. The van der Waals surface area contributed by atoms with Crippen molar-refractivity contribution in [2.75, 3.05) is 37.6 Å². The van der Waals surface area contributed by atoms with E-state index in [1.54, 1.807) is 26.0 Å². The lowest BCUT2D eigenvalue weighted by molar-refractivity contribution is -0.153. The van der Waals surface area contributed by atoms with Crippen molar-refractivity contribution in [3.63, 3.8) is 0 Å². The van der Waals surface area contributed by atoms with Crippen LogP contribution in [0.25, 0.3) is 0 Å². The number of carboxylic acids is 1. The maximum Gasteiger partial charge on any atom is 0.449 e. The molecule has 14 heteroatoms. The summed E-state index contributed by atoms with van der Waals surface area (Å²) in [5.74, 6) is -2.29. The predicted molar refractivity (Wildman–Crippen MR) is 175 cm³/mol. The summed E-state index contributed by atoms with van der Waals surface area (Å²) in [5, 5.41) is 12.4. The highest BCUT2D eigenvalue weighted by Crippen LogP contribution is 2.31. The topological polar surface area (TPSA) is 113 Å². The standard InChI is InChI=1S/C35H39F4N5O5/c1-23-8-6-11-28(36)27(23)21-43-24(2)32(42-18-16-41(17-19-42)20-26-13-14-30(49-26)35(37,38)39)33(47)44(34(43)48)22-29(25-9-4-3-5-10-25)40-15-7-12-31(45)46/h3-6,8-11,13-14,29,40H,7,12,15-22H2,1-2H3,(H,45,46)/t29-/m0/s1. The molecule has 0 unspecified atom stereocenters. The molecule has 262 valence electrons. The van der Waals surface area contributed by atoms with Crippen LogP contribution in [0.15, 0.2) is 74.7 Å². The van der Waals surface area contributed by atoms with Crippen molar-refractivity contribution in [1.82, 2.24) is 19.4 Å². The minimum atomic E-state index is -4.58. The number of rotatable bonds is 13. The lowest BCUT2D eigenvalue weighted by Crippen LogP contribution is -2.51. The van der Waals surface area contributed by atoms with Gasteiger partial charge in [-0.15, -0.1) is 0 Å². The second kappa shape index (κ2) is 15.2. The molecule has 0 radical (unpaired) electrons. The van der Waals surface area contributed by atoms with Gasteiger partial charge in [-0.25, -0.2) is 9.18 Å². The molecule has 49 heavy (non-hydrogen) atoms. The average Bonchev–Trinajstić information content (AvgIpc) is 3.54. The van der Waals surface area contributed by atoms with Gasteiger partial charge < -0.3 is 19.7 Å². The molecule has 0 aliphatic carbocycles. The number of hydrogen-bond donors (Lipinski definition) is 2. The number of halogens is 4. The summed E-state index contributed by atoms with van der Waals surface area (Å²) in [6.45, 7) is 5.20. The maximum atomic E-state index is 15.1. The fraction of sp³-hybridized carbons (Fsp3) is 0.400. The first-order valence-electron chi connectivity index (χ1n) is 16.0. The van der Waals surface area contributed by atoms with E-state index in [1.165, 1.54) is 16.7 Å². The molecule has 2 aromatic carbocycles. The van der Waals surface area contributed by atoms with Crippen LogP contribution in [0, 0.1) is 19.7 Å². The van der Waals surface area contributed by atoms with Crippen LogP contribution in [-0.4, -0.2) is 57.8 Å². The summed E-state index contributed by atoms with van der Waals surface area (Å²) in [7, 11) is 0. The number of aryl methyl sites for hydroxylation is 1. The highest BCUT2D eigenvalue weighted by Gasteiger charge is 2.35. The van der Waals surface area contributed by atoms with Crippen LogP contribution in [0.4, 0.5) is 23.2 Å². The summed E-state index contributed by atoms with van der Waals surface area (Å²) < 4.78 is 61.7. The highest BCUT2D eigenvalue weighted by molar-refractivity contribution is 5.66. The van der Waals surface area contributed by atoms with Gasteiger partial charge in [0.25, 0.3) is 5.56 Å². The Morgan fingerprint density at radius 1 is 0.939 bits per heavy atom. The van der Waals surface area contributed by atoms with E-state index in [2.05, 4.69) is 5.32 Å². The molecule has 3 heterocycles. The van der Waals surface area contributed by atoms with E-state index >= 15 is 4.39 Å². The third kappa shape index (κ3) is 8.49. The number of carboxylic acid groups (broad SMARTS) is 1. The molecule has 1 saturated heterocycles. The predicted octanol–water partition coefficient (Wildman–Crippen LogP) is 4.94. The van der Waals surface area contributed by atoms with Gasteiger partial charge in [-0.3, -0.25) is 23.6 Å². The fourth-order valence-corrected chi connectivity index (χ4v) is 6.16. The van der Waals surface area contributed by atoms with E-state index in [0.717, 1.165) is 16.2 Å². The Labute approximate surface area is 280 Å². The molecule has 2 N–H and O–H groups in total. The van der Waals surface area contributed by atoms with Crippen molar-refractivity contribution in [2.45, 2.75) is 58.5 Å². The van der Waals surface area contributed by atoms with Crippen LogP contribution in [0.5, 0.6) is 0 Å². The normalized spacial score (nSPS) is 14.7. The first kappa shape index (κ1) is 35.6. The molecule has 10 nitrogen and oxygen atoms in total. The number of alkyl halides is 3. The summed E-state index contributed by atoms with van der Waals surface area (Å²) in [4.78, 5) is 43.3. The first-order valence-corrected chi connectivity index (χ1v) is 16.0. The SMILES string of the molecule is Cc1cccc(F)c1Cn1c(C)c(N2CCN(Cc3ccc(C(F)(F)F)o3)CC2)c(=O)n(C[C@H](NCCCC(=O)O)c2ccccc2)c1=O. The van der Waals surface area contributed by atoms with E-state index in [0.29, 0.717) is 56.0 Å². The highest BCUT2D eigenvalue weighted by atomic mass is 19.4. The number of aromatic nitrogens is 2. The van der Waals surface area contributed by atoms with Crippen molar-refractivity contribution in [2.24, 2.45) is 0 Å². The summed E-state index contributed by atoms with van der Waals surface area (Å²) in [6.07, 6.45) is -4.29. The zero-order valence-corrected chi connectivity index (χ0v) is 27.3. The van der Waals surface area contributed by atoms with E-state index in [4.69, 9.17) is 9.52 Å². The Kier molecular flexibility index (Phi) is 11.1. The van der Waals surface area contributed by atoms with Gasteiger partial charge in [0.1, 0.15) is 17.3 Å². The Bertz CT molecular complexity index is 1860. The van der Waals surface area contributed by atoms with Crippen LogP contribution in [0.1, 0.15) is 52.8 Å². The molecule has 0 saturated carbocycles. The van der Waals surface area contributed by atoms with Crippen molar-refractivity contribution >= 4 is 11.7 Å². The molecule has 5 rings (SSSR count). The molecular weight excluding hydrogens is 646 g/mol. The van der Waals surface area contributed by atoms with Crippen LogP contribution in [-0.2, 0) is 30.6 Å². The van der Waals surface area contributed by atoms with E-state index in [-0.39, 0.29) is 37.5 Å². The first-order chi connectivity index (χ1) is 23.3. The average molecular weight is 686 g/mol. The Hall–Kier alpha value is -4.69. The molecule has 1 fully saturated rings. The number of carbonyl (C=O) groups is 1. The van der Waals surface area contributed by atoms with Crippen molar-refractivity contribution in [3.05, 3.63) is 121 Å². The molecule has 1 aliphatic rings. The van der Waals surface area contributed by atoms with E-state index in [9.17, 15) is 27.6 Å². The quantitative estimate of drug-likeness (QED) is 0.150. The van der Waals surface area contributed by atoms with Gasteiger partial charge >= 0.3 is 17.8 Å². The minimum absolute atomic E-state index is 0.0483. The third-order valence-electron chi connectivity index (χ3n) is 8.86. The Morgan fingerprint density at radius 3 is 2.29 bits per heavy atom. The molecule has 0 amide bonds. The summed E-state index contributed by atoms with van der Waals surface area (Å²) in [5.41, 5.74) is 1.27. The summed E-state index contributed by atoms with van der Waals surface area (Å²) >= 11 is 0. The van der Waals surface area contributed by atoms with E-state index in [1.807, 2.05) is 40.1 Å². The van der Waals surface area contributed by atoms with Gasteiger partial charge in [0.05, 0.1) is 25.7 Å². The molecule has 4 aromatic rings. The number of anilines is 1. The van der Waals surface area contributed by atoms with Gasteiger partial charge in [-0.1, -0.05) is 42.5 Å². The second-order valence-corrected chi connectivity index (χ2v) is 12.2. The van der Waals surface area contributed by atoms with Crippen LogP contribution in [0.3, 0.4) is 0 Å². The van der Waals surface area contributed by atoms with Gasteiger partial charge in [0, 0.05) is 43.9 Å². The minimum Gasteiger partial charge on any atom is -0.481 e. The number of nitrogens with one attached hydrogen (secondary N) is 1. The Balaban J connectivity index is 1.48. The van der Waals surface area contributed by atoms with Crippen LogP contribution >= 0.6 is 0 Å². The van der Waals surface area contributed by atoms with Crippen molar-refractivity contribution in [1.29, 1.82) is 0 Å². The van der Waals surface area contributed by atoms with Gasteiger partial charge in [-0.05, 0) is 56.1 Å². The third-order valence-corrected chi connectivity index (χ3v) is 8.86. The van der Waals surface area contributed by atoms with Crippen molar-refractivity contribution < 1.29 is 31.9 Å². The monoisotopic (exact) mass is 685 g/mol. The largest absolute Gasteiger partial charge is 0.481 e. The Morgan fingerprint density at radius 2 is 1.65 bits per heavy atom. The number of furan rings is 1. The molecule has 0 bridgehead atoms. The van der Waals surface area contributed by atoms with Gasteiger partial charge in [0.2, 0.25) is 5.76 Å². The van der Waals surface area contributed by atoms with Gasteiger partial charge in [-0.2, -0.15) is 13.2 Å². The number of aliphatic carboxylic acids is 1. The zero-order valence-electron chi connectivity index (χ0n) is 27.3. The number of benzene rings is 2.